The maximum Gasteiger partial charge on any atom is 0.144 e. The van der Waals surface area contributed by atoms with Gasteiger partial charge in [0.25, 0.3) is 0 Å². The van der Waals surface area contributed by atoms with Gasteiger partial charge in [0.2, 0.25) is 0 Å². The fourth-order valence-corrected chi connectivity index (χ4v) is 1.50. The normalized spacial score (nSPS) is 11.1. The minimum absolute atomic E-state index is 0.717. The molecule has 2 rings (SSSR count). The van der Waals surface area contributed by atoms with E-state index in [4.69, 9.17) is 4.74 Å². The van der Waals surface area contributed by atoms with E-state index in [-0.39, 0.29) is 0 Å². The fourth-order valence-electron chi connectivity index (χ4n) is 1.50. The van der Waals surface area contributed by atoms with Crippen LogP contribution < -0.4 is 4.74 Å². The van der Waals surface area contributed by atoms with Gasteiger partial charge in [-0.2, -0.15) is 0 Å². The molecule has 0 unspecified atom stereocenters. The van der Waals surface area contributed by atoms with E-state index in [9.17, 15) is 0 Å². The van der Waals surface area contributed by atoms with Gasteiger partial charge in [0.1, 0.15) is 12.4 Å². The molecule has 3 nitrogen and oxygen atoms in total. The molecule has 80 valence electrons. The second kappa shape index (κ2) is 4.36. The third-order valence-electron chi connectivity index (χ3n) is 2.35. The van der Waals surface area contributed by atoms with E-state index in [0.29, 0.717) is 0 Å². The number of para-hydroxylation sites is 1. The van der Waals surface area contributed by atoms with Crippen molar-refractivity contribution in [3.05, 3.63) is 30.5 Å². The largest absolute Gasteiger partial charge is 0.490 e. The lowest BCUT2D eigenvalue weighted by molar-refractivity contribution is 0.263. The van der Waals surface area contributed by atoms with Crippen LogP contribution >= 0.6 is 0 Å². The predicted octanol–water partition coefficient (Wildman–Crippen LogP) is 2.11. The second-order valence-corrected chi connectivity index (χ2v) is 3.85. The highest BCUT2D eigenvalue weighted by Gasteiger charge is 2.02. The minimum Gasteiger partial charge on any atom is -0.490 e. The SMILES string of the molecule is CN(C)CCOc1c[nH]c2ccccc12. The van der Waals surface area contributed by atoms with Crippen LogP contribution in [0.3, 0.4) is 0 Å². The summed E-state index contributed by atoms with van der Waals surface area (Å²) in [5.74, 6) is 0.937. The number of likely N-dealkylation sites (N-methyl/N-ethyl adjacent to an activating group) is 1. The van der Waals surface area contributed by atoms with Gasteiger partial charge in [0.05, 0.1) is 0 Å². The summed E-state index contributed by atoms with van der Waals surface area (Å²) in [5, 5.41) is 1.15. The Morgan fingerprint density at radius 3 is 2.87 bits per heavy atom. The summed E-state index contributed by atoms with van der Waals surface area (Å²) in [4.78, 5) is 5.29. The van der Waals surface area contributed by atoms with Crippen molar-refractivity contribution in [3.63, 3.8) is 0 Å². The van der Waals surface area contributed by atoms with E-state index < -0.39 is 0 Å². The molecule has 1 heterocycles. The fraction of sp³-hybridized carbons (Fsp3) is 0.333. The van der Waals surface area contributed by atoms with Crippen molar-refractivity contribution < 1.29 is 4.74 Å². The maximum atomic E-state index is 5.70. The molecule has 0 bridgehead atoms. The Kier molecular flexibility index (Phi) is 2.92. The number of H-pyrrole nitrogens is 1. The second-order valence-electron chi connectivity index (χ2n) is 3.85. The molecule has 1 aromatic carbocycles. The van der Waals surface area contributed by atoms with Crippen molar-refractivity contribution in [3.8, 4) is 5.75 Å². The smallest absolute Gasteiger partial charge is 0.144 e. The first-order chi connectivity index (χ1) is 7.27. The predicted molar refractivity (Wildman–Crippen MR) is 62.3 cm³/mol. The van der Waals surface area contributed by atoms with Crippen LogP contribution in [0.25, 0.3) is 10.9 Å². The highest BCUT2D eigenvalue weighted by atomic mass is 16.5. The van der Waals surface area contributed by atoms with Crippen LogP contribution in [-0.2, 0) is 0 Å². The average Bonchev–Trinajstić information content (AvgIpc) is 2.62. The molecule has 0 aliphatic carbocycles. The molecular weight excluding hydrogens is 188 g/mol. The quantitative estimate of drug-likeness (QED) is 0.826. The highest BCUT2D eigenvalue weighted by Crippen LogP contribution is 2.24. The Morgan fingerprint density at radius 1 is 1.27 bits per heavy atom. The highest BCUT2D eigenvalue weighted by molar-refractivity contribution is 5.85. The van der Waals surface area contributed by atoms with Crippen LogP contribution in [0, 0.1) is 0 Å². The van der Waals surface area contributed by atoms with Crippen molar-refractivity contribution in [1.82, 2.24) is 9.88 Å². The summed E-state index contributed by atoms with van der Waals surface area (Å²) in [6, 6.07) is 8.16. The van der Waals surface area contributed by atoms with Crippen LogP contribution in [0.5, 0.6) is 5.75 Å². The average molecular weight is 204 g/mol. The zero-order valence-corrected chi connectivity index (χ0v) is 9.16. The number of hydrogen-bond acceptors (Lipinski definition) is 2. The number of nitrogens with zero attached hydrogens (tertiary/aromatic N) is 1. The lowest BCUT2D eigenvalue weighted by Crippen LogP contribution is -2.19. The minimum atomic E-state index is 0.717. The van der Waals surface area contributed by atoms with Crippen LogP contribution in [-0.4, -0.2) is 37.1 Å². The molecule has 0 saturated carbocycles. The Balaban J connectivity index is 2.08. The van der Waals surface area contributed by atoms with Gasteiger partial charge in [-0.1, -0.05) is 12.1 Å². The third-order valence-corrected chi connectivity index (χ3v) is 2.35. The Labute approximate surface area is 89.7 Å². The lowest BCUT2D eigenvalue weighted by atomic mass is 10.2. The van der Waals surface area contributed by atoms with E-state index in [1.807, 2.05) is 38.5 Å². The number of aromatic nitrogens is 1. The van der Waals surface area contributed by atoms with Gasteiger partial charge in [-0.15, -0.1) is 0 Å². The number of benzene rings is 1. The van der Waals surface area contributed by atoms with Crippen molar-refractivity contribution in [2.75, 3.05) is 27.2 Å². The molecule has 0 saturated heterocycles. The zero-order chi connectivity index (χ0) is 10.7. The van der Waals surface area contributed by atoms with Gasteiger partial charge in [-0.25, -0.2) is 0 Å². The first kappa shape index (κ1) is 10.1. The Bertz CT molecular complexity index is 434. The Morgan fingerprint density at radius 2 is 2.07 bits per heavy atom. The zero-order valence-electron chi connectivity index (χ0n) is 9.16. The first-order valence-corrected chi connectivity index (χ1v) is 5.11. The summed E-state index contributed by atoms with van der Waals surface area (Å²) < 4.78 is 5.70. The molecule has 1 N–H and O–H groups in total. The first-order valence-electron chi connectivity index (χ1n) is 5.11. The topological polar surface area (TPSA) is 28.3 Å². The van der Waals surface area contributed by atoms with Gasteiger partial charge >= 0.3 is 0 Å². The van der Waals surface area contributed by atoms with E-state index in [1.165, 1.54) is 0 Å². The number of nitrogens with one attached hydrogen (secondary N) is 1. The summed E-state index contributed by atoms with van der Waals surface area (Å²) in [7, 11) is 4.08. The van der Waals surface area contributed by atoms with E-state index >= 15 is 0 Å². The molecule has 0 radical (unpaired) electrons. The molecule has 1 aromatic heterocycles. The van der Waals surface area contributed by atoms with Crippen molar-refractivity contribution in [1.29, 1.82) is 0 Å². The third kappa shape index (κ3) is 2.30. The summed E-state index contributed by atoms with van der Waals surface area (Å²) >= 11 is 0. The number of rotatable bonds is 4. The molecule has 0 aliphatic rings. The molecule has 0 fully saturated rings. The van der Waals surface area contributed by atoms with E-state index in [2.05, 4.69) is 16.0 Å². The number of aromatic amines is 1. The standard InChI is InChI=1S/C12H16N2O/c1-14(2)7-8-15-12-9-13-11-6-4-3-5-10(11)12/h3-6,9,13H,7-8H2,1-2H3. The molecule has 3 heteroatoms. The molecule has 0 aliphatic heterocycles. The number of hydrogen-bond donors (Lipinski definition) is 1. The van der Waals surface area contributed by atoms with Gasteiger partial charge < -0.3 is 14.6 Å². The number of ether oxygens (including phenoxy) is 1. The van der Waals surface area contributed by atoms with Crippen molar-refractivity contribution in [2.45, 2.75) is 0 Å². The monoisotopic (exact) mass is 204 g/mol. The summed E-state index contributed by atoms with van der Waals surface area (Å²) in [6.45, 7) is 1.65. The van der Waals surface area contributed by atoms with Crippen LogP contribution in [0.15, 0.2) is 30.5 Å². The van der Waals surface area contributed by atoms with Gasteiger partial charge in [-0.3, -0.25) is 0 Å². The van der Waals surface area contributed by atoms with E-state index in [1.54, 1.807) is 0 Å². The Hall–Kier alpha value is -1.48. The van der Waals surface area contributed by atoms with E-state index in [0.717, 1.165) is 29.8 Å². The van der Waals surface area contributed by atoms with Gasteiger partial charge in [-0.05, 0) is 26.2 Å². The molecule has 0 atom stereocenters. The maximum absolute atomic E-state index is 5.70. The van der Waals surface area contributed by atoms with Crippen molar-refractivity contribution >= 4 is 10.9 Å². The van der Waals surface area contributed by atoms with Gasteiger partial charge in [0, 0.05) is 23.6 Å². The summed E-state index contributed by atoms with van der Waals surface area (Å²) in [6.07, 6.45) is 1.92. The molecule has 15 heavy (non-hydrogen) atoms. The molecule has 2 aromatic rings. The summed E-state index contributed by atoms with van der Waals surface area (Å²) in [5.41, 5.74) is 1.12. The van der Waals surface area contributed by atoms with Crippen LogP contribution in [0.4, 0.5) is 0 Å². The lowest BCUT2D eigenvalue weighted by Gasteiger charge is -2.09. The molecular formula is C12H16N2O. The van der Waals surface area contributed by atoms with Crippen LogP contribution in [0.2, 0.25) is 0 Å². The van der Waals surface area contributed by atoms with Crippen molar-refractivity contribution in [2.24, 2.45) is 0 Å². The number of fused-ring (bicyclic) bond motifs is 1. The van der Waals surface area contributed by atoms with Crippen LogP contribution in [0.1, 0.15) is 0 Å². The van der Waals surface area contributed by atoms with Gasteiger partial charge in [0.15, 0.2) is 0 Å². The molecule has 0 spiro atoms. The molecule has 0 amide bonds.